The number of methoxy groups -OCH3 is 1. The van der Waals surface area contributed by atoms with Gasteiger partial charge in [-0.05, 0) is 25.0 Å². The second kappa shape index (κ2) is 5.94. The van der Waals surface area contributed by atoms with Crippen molar-refractivity contribution in [3.8, 4) is 6.07 Å². The van der Waals surface area contributed by atoms with Gasteiger partial charge in [-0.2, -0.15) is 5.26 Å². The quantitative estimate of drug-likeness (QED) is 0.823. The summed E-state index contributed by atoms with van der Waals surface area (Å²) in [4.78, 5) is 2.22. The third kappa shape index (κ3) is 3.06. The lowest BCUT2D eigenvalue weighted by Gasteiger charge is -2.31. The molecule has 18 heavy (non-hydrogen) atoms. The van der Waals surface area contributed by atoms with Crippen LogP contribution in [0.5, 0.6) is 0 Å². The summed E-state index contributed by atoms with van der Waals surface area (Å²) in [5, 5.41) is 8.69. The third-order valence-electron chi connectivity index (χ3n) is 3.44. The van der Waals surface area contributed by atoms with E-state index in [4.69, 9.17) is 10.00 Å². The molecule has 0 N–H and O–H groups in total. The average molecular weight is 248 g/mol. The molecule has 1 aliphatic rings. The number of likely N-dealkylation sites (tertiary alicyclic amines) is 1. The molecule has 0 aliphatic carbocycles. The number of halogens is 1. The van der Waals surface area contributed by atoms with Crippen molar-refractivity contribution in [2.45, 2.75) is 25.5 Å². The number of ether oxygens (including phenoxy) is 1. The molecular formula is C14H17FN2O. The molecule has 1 aromatic carbocycles. The highest BCUT2D eigenvalue weighted by Crippen LogP contribution is 2.17. The summed E-state index contributed by atoms with van der Waals surface area (Å²) in [6.07, 6.45) is 2.33. The molecule has 1 fully saturated rings. The first-order valence-corrected chi connectivity index (χ1v) is 6.16. The van der Waals surface area contributed by atoms with Gasteiger partial charge in [-0.25, -0.2) is 4.39 Å². The van der Waals surface area contributed by atoms with Gasteiger partial charge in [0.2, 0.25) is 0 Å². The Hall–Kier alpha value is -1.44. The number of rotatable bonds is 3. The lowest BCUT2D eigenvalue weighted by atomic mass is 10.1. The fourth-order valence-corrected chi connectivity index (χ4v) is 2.29. The Kier molecular flexibility index (Phi) is 4.29. The molecule has 0 unspecified atom stereocenters. The molecule has 0 saturated carbocycles. The summed E-state index contributed by atoms with van der Waals surface area (Å²) in [6, 6.07) is 6.62. The van der Waals surface area contributed by atoms with Crippen molar-refractivity contribution in [2.24, 2.45) is 0 Å². The highest BCUT2D eigenvalue weighted by molar-refractivity contribution is 5.32. The minimum absolute atomic E-state index is 0.289. The van der Waals surface area contributed by atoms with E-state index in [1.165, 1.54) is 6.07 Å². The fraction of sp³-hybridized carbons (Fsp3) is 0.500. The monoisotopic (exact) mass is 248 g/mol. The number of hydrogen-bond acceptors (Lipinski definition) is 3. The maximum atomic E-state index is 13.7. The summed E-state index contributed by atoms with van der Waals surface area (Å²) in [6.45, 7) is 2.46. The number of benzene rings is 1. The first kappa shape index (κ1) is 13.0. The topological polar surface area (TPSA) is 36.3 Å². The van der Waals surface area contributed by atoms with E-state index in [1.807, 2.05) is 6.07 Å². The largest absolute Gasteiger partial charge is 0.381 e. The number of hydrogen-bond donors (Lipinski definition) is 0. The molecule has 1 saturated heterocycles. The minimum atomic E-state index is -0.289. The SMILES string of the molecule is COC1CCN(Cc2ccc(C#N)cc2F)CC1. The van der Waals surface area contributed by atoms with Gasteiger partial charge in [-0.15, -0.1) is 0 Å². The van der Waals surface area contributed by atoms with Crippen molar-refractivity contribution in [2.75, 3.05) is 20.2 Å². The zero-order valence-corrected chi connectivity index (χ0v) is 10.5. The van der Waals surface area contributed by atoms with E-state index in [-0.39, 0.29) is 5.82 Å². The van der Waals surface area contributed by atoms with Crippen molar-refractivity contribution in [1.29, 1.82) is 5.26 Å². The highest BCUT2D eigenvalue weighted by atomic mass is 19.1. The Morgan fingerprint density at radius 2 is 2.17 bits per heavy atom. The molecule has 96 valence electrons. The van der Waals surface area contributed by atoms with E-state index in [0.29, 0.717) is 23.8 Å². The molecule has 0 aromatic heterocycles. The molecule has 1 heterocycles. The van der Waals surface area contributed by atoms with Crippen LogP contribution in [0.4, 0.5) is 4.39 Å². The van der Waals surface area contributed by atoms with Crippen LogP contribution in [-0.2, 0) is 11.3 Å². The van der Waals surface area contributed by atoms with E-state index >= 15 is 0 Å². The molecule has 0 radical (unpaired) electrons. The number of nitrogens with zero attached hydrogens (tertiary/aromatic N) is 2. The lowest BCUT2D eigenvalue weighted by Crippen LogP contribution is -2.36. The Morgan fingerprint density at radius 3 is 2.72 bits per heavy atom. The molecule has 1 aliphatic heterocycles. The van der Waals surface area contributed by atoms with Gasteiger partial charge >= 0.3 is 0 Å². The van der Waals surface area contributed by atoms with Gasteiger partial charge in [0, 0.05) is 32.3 Å². The Morgan fingerprint density at radius 1 is 1.44 bits per heavy atom. The van der Waals surface area contributed by atoms with E-state index in [9.17, 15) is 4.39 Å². The highest BCUT2D eigenvalue weighted by Gasteiger charge is 2.19. The van der Waals surface area contributed by atoms with Crippen molar-refractivity contribution >= 4 is 0 Å². The van der Waals surface area contributed by atoms with Crippen LogP contribution in [0, 0.1) is 17.1 Å². The Bertz CT molecular complexity index is 448. The van der Waals surface area contributed by atoms with Crippen molar-refractivity contribution in [1.82, 2.24) is 4.90 Å². The Labute approximate surface area is 107 Å². The summed E-state index contributed by atoms with van der Waals surface area (Å²) in [7, 11) is 1.74. The maximum Gasteiger partial charge on any atom is 0.129 e. The third-order valence-corrected chi connectivity index (χ3v) is 3.44. The van der Waals surface area contributed by atoms with Crippen LogP contribution in [-0.4, -0.2) is 31.2 Å². The number of piperidine rings is 1. The summed E-state index contributed by atoms with van der Waals surface area (Å²) < 4.78 is 19.0. The summed E-state index contributed by atoms with van der Waals surface area (Å²) >= 11 is 0. The molecule has 0 amide bonds. The van der Waals surface area contributed by atoms with E-state index in [0.717, 1.165) is 25.9 Å². The van der Waals surface area contributed by atoms with Crippen LogP contribution < -0.4 is 0 Å². The van der Waals surface area contributed by atoms with Gasteiger partial charge in [0.15, 0.2) is 0 Å². The number of nitriles is 1. The molecule has 2 rings (SSSR count). The minimum Gasteiger partial charge on any atom is -0.381 e. The molecule has 0 atom stereocenters. The molecule has 1 aromatic rings. The molecule has 0 spiro atoms. The van der Waals surface area contributed by atoms with Crippen LogP contribution in [0.25, 0.3) is 0 Å². The van der Waals surface area contributed by atoms with Gasteiger partial charge in [-0.3, -0.25) is 4.90 Å². The van der Waals surface area contributed by atoms with Gasteiger partial charge in [0.25, 0.3) is 0 Å². The first-order valence-electron chi connectivity index (χ1n) is 6.16. The molecular weight excluding hydrogens is 231 g/mol. The van der Waals surface area contributed by atoms with Gasteiger partial charge in [0.1, 0.15) is 5.82 Å². The fourth-order valence-electron chi connectivity index (χ4n) is 2.29. The maximum absolute atomic E-state index is 13.7. The molecule has 0 bridgehead atoms. The molecule has 4 heteroatoms. The second-order valence-electron chi connectivity index (χ2n) is 4.63. The van der Waals surface area contributed by atoms with E-state index < -0.39 is 0 Å². The smallest absolute Gasteiger partial charge is 0.129 e. The van der Waals surface area contributed by atoms with Gasteiger partial charge < -0.3 is 4.74 Å². The standard InChI is InChI=1S/C14H17FN2O/c1-18-13-4-6-17(7-5-13)10-12-3-2-11(9-16)8-14(12)15/h2-3,8,13H,4-7,10H2,1H3. The van der Waals surface area contributed by atoms with E-state index in [1.54, 1.807) is 19.2 Å². The predicted molar refractivity (Wildman–Crippen MR) is 66.4 cm³/mol. The van der Waals surface area contributed by atoms with Crippen LogP contribution in [0.3, 0.4) is 0 Å². The van der Waals surface area contributed by atoms with Crippen LogP contribution >= 0.6 is 0 Å². The Balaban J connectivity index is 1.96. The van der Waals surface area contributed by atoms with Crippen molar-refractivity contribution in [3.63, 3.8) is 0 Å². The average Bonchev–Trinajstić information content (AvgIpc) is 2.42. The normalized spacial score (nSPS) is 17.6. The van der Waals surface area contributed by atoms with Crippen molar-refractivity contribution in [3.05, 3.63) is 35.1 Å². The van der Waals surface area contributed by atoms with Crippen LogP contribution in [0.2, 0.25) is 0 Å². The van der Waals surface area contributed by atoms with E-state index in [2.05, 4.69) is 4.90 Å². The lowest BCUT2D eigenvalue weighted by molar-refractivity contribution is 0.0386. The second-order valence-corrected chi connectivity index (χ2v) is 4.63. The predicted octanol–water partition coefficient (Wildman–Crippen LogP) is 2.31. The summed E-state index contributed by atoms with van der Waals surface area (Å²) in [5.41, 5.74) is 1.03. The van der Waals surface area contributed by atoms with Crippen LogP contribution in [0.15, 0.2) is 18.2 Å². The van der Waals surface area contributed by atoms with Gasteiger partial charge in [0.05, 0.1) is 17.7 Å². The zero-order chi connectivity index (χ0) is 13.0. The van der Waals surface area contributed by atoms with Gasteiger partial charge in [-0.1, -0.05) is 6.07 Å². The summed E-state index contributed by atoms with van der Waals surface area (Å²) in [5.74, 6) is -0.289. The van der Waals surface area contributed by atoms with Crippen LogP contribution in [0.1, 0.15) is 24.0 Å². The molecule has 3 nitrogen and oxygen atoms in total. The first-order chi connectivity index (χ1) is 8.72. The zero-order valence-electron chi connectivity index (χ0n) is 10.5. The van der Waals surface area contributed by atoms with Crippen molar-refractivity contribution < 1.29 is 9.13 Å².